The molecule has 2 heterocycles. The van der Waals surface area contributed by atoms with Gasteiger partial charge < -0.3 is 15.0 Å². The van der Waals surface area contributed by atoms with Crippen molar-refractivity contribution in [2.24, 2.45) is 10.2 Å². The smallest absolute Gasteiger partial charge is 0.278 e. The van der Waals surface area contributed by atoms with Gasteiger partial charge in [0.15, 0.2) is 5.69 Å². The number of benzene rings is 2. The van der Waals surface area contributed by atoms with Crippen LogP contribution in [0.25, 0.3) is 21.7 Å². The summed E-state index contributed by atoms with van der Waals surface area (Å²) in [6, 6.07) is 11.7. The molecule has 1 aromatic heterocycles. The predicted octanol–water partition coefficient (Wildman–Crippen LogP) is 2.88. The zero-order chi connectivity index (χ0) is 18.1. The van der Waals surface area contributed by atoms with Crippen molar-refractivity contribution in [3.05, 3.63) is 36.4 Å². The van der Waals surface area contributed by atoms with E-state index in [0.717, 1.165) is 47.9 Å². The number of carbonyl (C=O) groups excluding carboxylic acids is 1. The number of aromatic hydroxyl groups is 1. The lowest BCUT2D eigenvalue weighted by molar-refractivity contribution is -0.119. The molecule has 1 amide bonds. The standard InChI is InChI=1S/C19H21N5O2/c1-23-8-10-24(11-9-23)12-16(25)21-22-18-17-14-5-3-2-4-13(14)6-7-15(17)20-19(18)26/h2-7,20,26H,8-12H2,1H3. The van der Waals surface area contributed by atoms with E-state index in [2.05, 4.69) is 32.1 Å². The Morgan fingerprint density at radius 1 is 1.15 bits per heavy atom. The minimum absolute atomic E-state index is 0.0764. The first-order chi connectivity index (χ1) is 12.6. The fraction of sp³-hybridized carbons (Fsp3) is 0.316. The number of likely N-dealkylation sites (N-methyl/N-ethyl adjacent to an activating group) is 1. The van der Waals surface area contributed by atoms with Crippen LogP contribution in [0.2, 0.25) is 0 Å². The molecule has 26 heavy (non-hydrogen) atoms. The van der Waals surface area contributed by atoms with Gasteiger partial charge in [0.1, 0.15) is 0 Å². The molecule has 0 atom stereocenters. The van der Waals surface area contributed by atoms with Crippen molar-refractivity contribution in [1.29, 1.82) is 0 Å². The Labute approximate surface area is 150 Å². The molecule has 7 nitrogen and oxygen atoms in total. The number of hydrogen-bond donors (Lipinski definition) is 2. The number of aromatic nitrogens is 1. The highest BCUT2D eigenvalue weighted by Crippen LogP contribution is 2.39. The second kappa shape index (κ2) is 6.86. The molecular weight excluding hydrogens is 330 g/mol. The quantitative estimate of drug-likeness (QED) is 0.711. The summed E-state index contributed by atoms with van der Waals surface area (Å²) in [4.78, 5) is 19.4. The Balaban J connectivity index is 1.60. The van der Waals surface area contributed by atoms with Crippen molar-refractivity contribution in [2.75, 3.05) is 39.8 Å². The van der Waals surface area contributed by atoms with E-state index in [4.69, 9.17) is 0 Å². The largest absolute Gasteiger partial charge is 0.493 e. The van der Waals surface area contributed by atoms with Gasteiger partial charge in [0.2, 0.25) is 5.88 Å². The Morgan fingerprint density at radius 2 is 1.92 bits per heavy atom. The van der Waals surface area contributed by atoms with Gasteiger partial charge in [-0.1, -0.05) is 30.3 Å². The van der Waals surface area contributed by atoms with Gasteiger partial charge in [-0.15, -0.1) is 10.2 Å². The predicted molar refractivity (Wildman–Crippen MR) is 101 cm³/mol. The number of rotatable bonds is 3. The minimum atomic E-state index is -0.302. The van der Waals surface area contributed by atoms with Gasteiger partial charge in [-0.05, 0) is 23.9 Å². The minimum Gasteiger partial charge on any atom is -0.493 e. The van der Waals surface area contributed by atoms with Crippen LogP contribution in [0.4, 0.5) is 5.69 Å². The molecule has 0 spiro atoms. The van der Waals surface area contributed by atoms with E-state index in [0.29, 0.717) is 5.69 Å². The average Bonchev–Trinajstić information content (AvgIpc) is 2.97. The SMILES string of the molecule is CN1CCN(CC(=O)N=Nc2c(O)[nH]c3ccc4ccccc4c23)CC1. The summed E-state index contributed by atoms with van der Waals surface area (Å²) in [5.74, 6) is -0.379. The number of piperazine rings is 1. The summed E-state index contributed by atoms with van der Waals surface area (Å²) < 4.78 is 0. The third kappa shape index (κ3) is 3.18. The number of hydrogen-bond acceptors (Lipinski definition) is 5. The van der Waals surface area contributed by atoms with Crippen molar-refractivity contribution in [1.82, 2.24) is 14.8 Å². The summed E-state index contributed by atoms with van der Waals surface area (Å²) in [6.07, 6.45) is 0. The van der Waals surface area contributed by atoms with Crippen molar-refractivity contribution >= 4 is 33.3 Å². The fourth-order valence-electron chi connectivity index (χ4n) is 3.37. The second-order valence-electron chi connectivity index (χ2n) is 6.70. The third-order valence-electron chi connectivity index (χ3n) is 4.86. The number of nitrogens with one attached hydrogen (secondary N) is 1. The van der Waals surface area contributed by atoms with Gasteiger partial charge in [-0.3, -0.25) is 9.69 Å². The Kier molecular flexibility index (Phi) is 4.40. The number of fused-ring (bicyclic) bond motifs is 3. The van der Waals surface area contributed by atoms with E-state index >= 15 is 0 Å². The molecule has 0 unspecified atom stereocenters. The summed E-state index contributed by atoms with van der Waals surface area (Å²) in [5.41, 5.74) is 1.07. The Morgan fingerprint density at radius 3 is 2.73 bits per heavy atom. The molecule has 2 aromatic carbocycles. The van der Waals surface area contributed by atoms with Crippen LogP contribution >= 0.6 is 0 Å². The van der Waals surface area contributed by atoms with Gasteiger partial charge in [-0.25, -0.2) is 0 Å². The lowest BCUT2D eigenvalue weighted by atomic mass is 10.1. The van der Waals surface area contributed by atoms with Crippen molar-refractivity contribution in [3.63, 3.8) is 0 Å². The molecule has 0 radical (unpaired) electrons. The highest BCUT2D eigenvalue weighted by atomic mass is 16.3. The summed E-state index contributed by atoms with van der Waals surface area (Å²) in [5, 5.41) is 20.9. The number of aromatic amines is 1. The van der Waals surface area contributed by atoms with Crippen LogP contribution in [0.5, 0.6) is 5.88 Å². The van der Waals surface area contributed by atoms with Gasteiger partial charge in [0, 0.05) is 31.6 Å². The van der Waals surface area contributed by atoms with Crippen molar-refractivity contribution < 1.29 is 9.90 Å². The van der Waals surface area contributed by atoms with E-state index in [1.165, 1.54) is 0 Å². The lowest BCUT2D eigenvalue weighted by Crippen LogP contribution is -2.46. The molecular formula is C19H21N5O2. The molecule has 1 aliphatic rings. The van der Waals surface area contributed by atoms with Crippen LogP contribution in [-0.2, 0) is 4.79 Å². The number of amides is 1. The zero-order valence-electron chi connectivity index (χ0n) is 14.6. The maximum Gasteiger partial charge on any atom is 0.278 e. The van der Waals surface area contributed by atoms with Crippen LogP contribution < -0.4 is 0 Å². The highest BCUT2D eigenvalue weighted by Gasteiger charge is 2.17. The Hall–Kier alpha value is -2.77. The maximum absolute atomic E-state index is 12.2. The first-order valence-corrected chi connectivity index (χ1v) is 8.69. The molecule has 1 fully saturated rings. The molecule has 1 aliphatic heterocycles. The van der Waals surface area contributed by atoms with E-state index < -0.39 is 0 Å². The molecule has 7 heteroatoms. The van der Waals surface area contributed by atoms with E-state index in [9.17, 15) is 9.90 Å². The highest BCUT2D eigenvalue weighted by molar-refractivity contribution is 6.13. The molecule has 134 valence electrons. The van der Waals surface area contributed by atoms with Crippen LogP contribution in [0.3, 0.4) is 0 Å². The van der Waals surface area contributed by atoms with Crippen molar-refractivity contribution in [2.45, 2.75) is 0 Å². The molecule has 2 N–H and O–H groups in total. The van der Waals surface area contributed by atoms with Crippen LogP contribution in [0, 0.1) is 0 Å². The van der Waals surface area contributed by atoms with Gasteiger partial charge in [-0.2, -0.15) is 0 Å². The fourth-order valence-corrected chi connectivity index (χ4v) is 3.37. The molecule has 4 rings (SSSR count). The van der Waals surface area contributed by atoms with Gasteiger partial charge >= 0.3 is 0 Å². The average molecular weight is 351 g/mol. The molecule has 3 aromatic rings. The molecule has 0 bridgehead atoms. The molecule has 0 aliphatic carbocycles. The van der Waals surface area contributed by atoms with Crippen LogP contribution in [0.15, 0.2) is 46.6 Å². The topological polar surface area (TPSA) is 84.3 Å². The first kappa shape index (κ1) is 16.7. The summed E-state index contributed by atoms with van der Waals surface area (Å²) >= 11 is 0. The van der Waals surface area contributed by atoms with E-state index in [1.54, 1.807) is 0 Å². The monoisotopic (exact) mass is 351 g/mol. The first-order valence-electron chi connectivity index (χ1n) is 8.69. The van der Waals surface area contributed by atoms with Crippen LogP contribution in [0.1, 0.15) is 0 Å². The number of carbonyl (C=O) groups is 1. The number of nitrogens with zero attached hydrogens (tertiary/aromatic N) is 4. The lowest BCUT2D eigenvalue weighted by Gasteiger charge is -2.31. The zero-order valence-corrected chi connectivity index (χ0v) is 14.6. The third-order valence-corrected chi connectivity index (χ3v) is 4.86. The van der Waals surface area contributed by atoms with Gasteiger partial charge in [0.25, 0.3) is 5.91 Å². The van der Waals surface area contributed by atoms with Crippen LogP contribution in [-0.4, -0.2) is 65.6 Å². The Bertz CT molecular complexity index is 986. The molecule has 0 saturated carbocycles. The van der Waals surface area contributed by atoms with Gasteiger partial charge in [0.05, 0.1) is 12.1 Å². The van der Waals surface area contributed by atoms with E-state index in [1.807, 2.05) is 36.4 Å². The normalized spacial score (nSPS) is 16.8. The number of H-pyrrole nitrogens is 1. The summed E-state index contributed by atoms with van der Waals surface area (Å²) in [6.45, 7) is 3.84. The number of azo groups is 1. The second-order valence-corrected chi connectivity index (χ2v) is 6.70. The van der Waals surface area contributed by atoms with Crippen molar-refractivity contribution in [3.8, 4) is 5.88 Å². The molecule has 1 saturated heterocycles. The summed E-state index contributed by atoms with van der Waals surface area (Å²) in [7, 11) is 2.07. The van der Waals surface area contributed by atoms with E-state index in [-0.39, 0.29) is 18.3 Å². The maximum atomic E-state index is 12.2.